The zero-order chi connectivity index (χ0) is 15.3. The number of nitrogens with one attached hydrogen (secondary N) is 1. The highest BCUT2D eigenvalue weighted by Crippen LogP contribution is 2.24. The average molecular weight is 315 g/mol. The number of rotatable bonds is 6. The quantitative estimate of drug-likeness (QED) is 0.860. The lowest BCUT2D eigenvalue weighted by Crippen LogP contribution is -2.31. The first-order valence-electron chi connectivity index (χ1n) is 6.90. The van der Waals surface area contributed by atoms with E-state index < -0.39 is 10.0 Å². The maximum atomic E-state index is 12.3. The van der Waals surface area contributed by atoms with Gasteiger partial charge in [-0.05, 0) is 31.0 Å². The molecule has 118 valence electrons. The van der Waals surface area contributed by atoms with E-state index >= 15 is 0 Å². The Morgan fingerprint density at radius 1 is 1.33 bits per heavy atom. The van der Waals surface area contributed by atoms with E-state index in [1.807, 2.05) is 13.0 Å². The SMILES string of the molecule is COc1ccc(C)cc1S(=O)(=O)NCCC1OCCCO1. The fourth-order valence-electron chi connectivity index (χ4n) is 2.09. The molecule has 21 heavy (non-hydrogen) atoms. The zero-order valence-electron chi connectivity index (χ0n) is 12.3. The smallest absolute Gasteiger partial charge is 0.244 e. The molecule has 2 rings (SSSR count). The van der Waals surface area contributed by atoms with E-state index in [1.54, 1.807) is 12.1 Å². The van der Waals surface area contributed by atoms with Gasteiger partial charge in [-0.3, -0.25) is 0 Å². The summed E-state index contributed by atoms with van der Waals surface area (Å²) in [4.78, 5) is 0.149. The van der Waals surface area contributed by atoms with E-state index in [2.05, 4.69) is 4.72 Å². The van der Waals surface area contributed by atoms with Crippen LogP contribution in [0.1, 0.15) is 18.4 Å². The highest BCUT2D eigenvalue weighted by atomic mass is 32.2. The van der Waals surface area contributed by atoms with Crippen LogP contribution in [0.2, 0.25) is 0 Å². The summed E-state index contributed by atoms with van der Waals surface area (Å²) in [5.74, 6) is 0.332. The summed E-state index contributed by atoms with van der Waals surface area (Å²) >= 11 is 0. The van der Waals surface area contributed by atoms with E-state index in [0.717, 1.165) is 12.0 Å². The van der Waals surface area contributed by atoms with Gasteiger partial charge in [0.2, 0.25) is 10.0 Å². The second-order valence-corrected chi connectivity index (χ2v) is 6.60. The molecule has 1 N–H and O–H groups in total. The minimum Gasteiger partial charge on any atom is -0.495 e. The van der Waals surface area contributed by atoms with E-state index in [9.17, 15) is 8.42 Å². The van der Waals surface area contributed by atoms with Crippen LogP contribution in [0.25, 0.3) is 0 Å². The molecule has 0 unspecified atom stereocenters. The Morgan fingerprint density at radius 2 is 2.05 bits per heavy atom. The molecule has 0 atom stereocenters. The van der Waals surface area contributed by atoms with Crippen LogP contribution < -0.4 is 9.46 Å². The number of ether oxygens (including phenoxy) is 3. The summed E-state index contributed by atoms with van der Waals surface area (Å²) in [7, 11) is -2.16. The zero-order valence-corrected chi connectivity index (χ0v) is 13.1. The van der Waals surface area contributed by atoms with Crippen molar-refractivity contribution in [2.24, 2.45) is 0 Å². The number of hydrogen-bond donors (Lipinski definition) is 1. The molecule has 0 amide bonds. The van der Waals surface area contributed by atoms with E-state index in [0.29, 0.717) is 25.4 Å². The minimum atomic E-state index is -3.61. The first-order valence-corrected chi connectivity index (χ1v) is 8.39. The van der Waals surface area contributed by atoms with Gasteiger partial charge in [0.05, 0.1) is 20.3 Å². The highest BCUT2D eigenvalue weighted by Gasteiger charge is 2.21. The summed E-state index contributed by atoms with van der Waals surface area (Å²) in [5, 5.41) is 0. The molecule has 1 heterocycles. The molecule has 1 aliphatic rings. The second kappa shape index (κ2) is 7.22. The second-order valence-electron chi connectivity index (χ2n) is 4.87. The molecular formula is C14H21NO5S. The van der Waals surface area contributed by atoms with Crippen LogP contribution in [0.4, 0.5) is 0 Å². The number of benzene rings is 1. The van der Waals surface area contributed by atoms with Crippen LogP contribution in [0, 0.1) is 6.92 Å². The van der Waals surface area contributed by atoms with Crippen molar-refractivity contribution in [3.8, 4) is 5.75 Å². The first kappa shape index (κ1) is 16.2. The maximum absolute atomic E-state index is 12.3. The van der Waals surface area contributed by atoms with Crippen LogP contribution in [-0.4, -0.2) is 41.6 Å². The van der Waals surface area contributed by atoms with E-state index in [4.69, 9.17) is 14.2 Å². The van der Waals surface area contributed by atoms with Crippen molar-refractivity contribution >= 4 is 10.0 Å². The summed E-state index contributed by atoms with van der Waals surface area (Å²) in [6, 6.07) is 5.05. The van der Waals surface area contributed by atoms with Crippen molar-refractivity contribution in [1.82, 2.24) is 4.72 Å². The van der Waals surface area contributed by atoms with Gasteiger partial charge in [0, 0.05) is 13.0 Å². The van der Waals surface area contributed by atoms with Gasteiger partial charge in [0.15, 0.2) is 6.29 Å². The van der Waals surface area contributed by atoms with Crippen LogP contribution in [0.15, 0.2) is 23.1 Å². The third-order valence-electron chi connectivity index (χ3n) is 3.18. The molecule has 1 saturated heterocycles. The fraction of sp³-hybridized carbons (Fsp3) is 0.571. The Balaban J connectivity index is 1.99. The van der Waals surface area contributed by atoms with Crippen molar-refractivity contribution in [3.63, 3.8) is 0 Å². The Labute approximate surface area is 125 Å². The molecule has 6 nitrogen and oxygen atoms in total. The molecule has 0 aromatic heterocycles. The summed E-state index contributed by atoms with van der Waals surface area (Å²) in [6.45, 7) is 3.40. The molecule has 1 fully saturated rings. The number of hydrogen-bond acceptors (Lipinski definition) is 5. The largest absolute Gasteiger partial charge is 0.495 e. The number of sulfonamides is 1. The van der Waals surface area contributed by atoms with Crippen molar-refractivity contribution < 1.29 is 22.6 Å². The molecule has 1 aliphatic heterocycles. The number of methoxy groups -OCH3 is 1. The molecule has 0 bridgehead atoms. The molecule has 7 heteroatoms. The molecule has 0 aliphatic carbocycles. The monoisotopic (exact) mass is 315 g/mol. The molecule has 0 saturated carbocycles. The lowest BCUT2D eigenvalue weighted by Gasteiger charge is -2.23. The standard InChI is InChI=1S/C14H21NO5S/c1-11-4-5-12(18-2)13(10-11)21(16,17)15-7-6-14-19-8-3-9-20-14/h4-5,10,14-15H,3,6-9H2,1-2H3. The molecule has 0 spiro atoms. The fourth-order valence-corrected chi connectivity index (χ4v) is 3.39. The van der Waals surface area contributed by atoms with Crippen molar-refractivity contribution in [1.29, 1.82) is 0 Å². The van der Waals surface area contributed by atoms with E-state index in [-0.39, 0.29) is 17.7 Å². The van der Waals surface area contributed by atoms with Gasteiger partial charge < -0.3 is 14.2 Å². The van der Waals surface area contributed by atoms with Crippen LogP contribution in [-0.2, 0) is 19.5 Å². The van der Waals surface area contributed by atoms with Gasteiger partial charge in [-0.25, -0.2) is 13.1 Å². The molecular weight excluding hydrogens is 294 g/mol. The first-order chi connectivity index (χ1) is 10.0. The van der Waals surface area contributed by atoms with Gasteiger partial charge >= 0.3 is 0 Å². The predicted molar refractivity (Wildman–Crippen MR) is 77.8 cm³/mol. The molecule has 1 aromatic carbocycles. The lowest BCUT2D eigenvalue weighted by molar-refractivity contribution is -0.180. The summed E-state index contributed by atoms with van der Waals surface area (Å²) < 4.78 is 43.1. The number of aryl methyl sites for hydroxylation is 1. The van der Waals surface area contributed by atoms with Crippen LogP contribution in [0.5, 0.6) is 5.75 Å². The summed E-state index contributed by atoms with van der Waals surface area (Å²) in [6.07, 6.45) is 1.02. The Bertz CT molecular complexity index is 567. The summed E-state index contributed by atoms with van der Waals surface area (Å²) in [5.41, 5.74) is 0.857. The highest BCUT2D eigenvalue weighted by molar-refractivity contribution is 7.89. The molecule has 1 aromatic rings. The van der Waals surface area contributed by atoms with Gasteiger partial charge in [-0.15, -0.1) is 0 Å². The van der Waals surface area contributed by atoms with Gasteiger partial charge in [-0.1, -0.05) is 6.07 Å². The van der Waals surface area contributed by atoms with Crippen LogP contribution in [0.3, 0.4) is 0 Å². The van der Waals surface area contributed by atoms with Gasteiger partial charge in [-0.2, -0.15) is 0 Å². The maximum Gasteiger partial charge on any atom is 0.244 e. The third kappa shape index (κ3) is 4.41. The topological polar surface area (TPSA) is 73.9 Å². The van der Waals surface area contributed by atoms with Crippen LogP contribution >= 0.6 is 0 Å². The minimum absolute atomic E-state index is 0.149. The van der Waals surface area contributed by atoms with Gasteiger partial charge in [0.1, 0.15) is 10.6 Å². The van der Waals surface area contributed by atoms with Crippen molar-refractivity contribution in [2.45, 2.75) is 31.0 Å². The Kier molecular flexibility index (Phi) is 5.58. The average Bonchev–Trinajstić information content (AvgIpc) is 2.48. The van der Waals surface area contributed by atoms with E-state index in [1.165, 1.54) is 7.11 Å². The van der Waals surface area contributed by atoms with Gasteiger partial charge in [0.25, 0.3) is 0 Å². The van der Waals surface area contributed by atoms with Crippen molar-refractivity contribution in [3.05, 3.63) is 23.8 Å². The Morgan fingerprint density at radius 3 is 2.71 bits per heavy atom. The lowest BCUT2D eigenvalue weighted by atomic mass is 10.2. The predicted octanol–water partition coefficient (Wildman–Crippen LogP) is 1.44. The molecule has 0 radical (unpaired) electrons. The normalized spacial score (nSPS) is 16.9. The third-order valence-corrected chi connectivity index (χ3v) is 4.66. The Hall–Kier alpha value is -1.15. The van der Waals surface area contributed by atoms with Crippen molar-refractivity contribution in [2.75, 3.05) is 26.9 Å².